The average Bonchev–Trinajstić information content (AvgIpc) is 2.75. The van der Waals surface area contributed by atoms with Gasteiger partial charge in [-0.05, 0) is 87.6 Å². The Kier molecular flexibility index (Phi) is 14.4. The van der Waals surface area contributed by atoms with Gasteiger partial charge in [-0.25, -0.2) is 0 Å². The molecule has 0 aliphatic carbocycles. The highest BCUT2D eigenvalue weighted by molar-refractivity contribution is 5.77. The first kappa shape index (κ1) is 29.7. The number of rotatable bonds is 9. The topological polar surface area (TPSA) is 12.0 Å². The molecule has 2 aromatic carbocycles. The monoisotopic (exact) mass is 435 g/mol. The number of aryl methyl sites for hydroxylation is 4. The van der Waals surface area contributed by atoms with Crippen LogP contribution in [0.4, 0.5) is 5.69 Å². The second-order valence-corrected chi connectivity index (χ2v) is 8.34. The molecule has 1 heteroatoms. The van der Waals surface area contributed by atoms with Gasteiger partial charge in [-0.2, -0.15) is 0 Å². The molecule has 0 bridgehead atoms. The van der Waals surface area contributed by atoms with E-state index in [2.05, 4.69) is 90.3 Å². The number of para-hydroxylation sites is 1. The largest absolute Gasteiger partial charge is 0.359 e. The molecule has 32 heavy (non-hydrogen) atoms. The Morgan fingerprint density at radius 1 is 0.875 bits per heavy atom. The Balaban J connectivity index is 0.00000227. The van der Waals surface area contributed by atoms with Crippen molar-refractivity contribution >= 4 is 11.3 Å². The van der Waals surface area contributed by atoms with Gasteiger partial charge in [-0.3, -0.25) is 0 Å². The maximum Gasteiger partial charge on any atom is 0.0487 e. The van der Waals surface area contributed by atoms with Gasteiger partial charge in [0.2, 0.25) is 0 Å². The van der Waals surface area contributed by atoms with Crippen LogP contribution in [0.25, 0.3) is 5.57 Å². The van der Waals surface area contributed by atoms with Crippen molar-refractivity contribution in [3.63, 3.8) is 0 Å². The average molecular weight is 436 g/mol. The first-order chi connectivity index (χ1) is 15.2. The van der Waals surface area contributed by atoms with E-state index in [-0.39, 0.29) is 0 Å². The maximum absolute atomic E-state index is 4.34. The Labute approximate surface area is 200 Å². The number of hydrogen-bond donors (Lipinski definition) is 1. The molecule has 2 aromatic rings. The van der Waals surface area contributed by atoms with E-state index in [0.717, 1.165) is 29.8 Å². The van der Waals surface area contributed by atoms with Crippen LogP contribution in [-0.2, 0) is 0 Å². The summed E-state index contributed by atoms with van der Waals surface area (Å²) in [4.78, 5) is 0. The molecule has 0 aromatic heterocycles. The molecular weight excluding hydrogens is 386 g/mol. The Morgan fingerprint density at radius 3 is 1.94 bits per heavy atom. The van der Waals surface area contributed by atoms with Crippen LogP contribution in [0.5, 0.6) is 0 Å². The molecule has 0 saturated heterocycles. The van der Waals surface area contributed by atoms with Crippen LogP contribution >= 0.6 is 0 Å². The van der Waals surface area contributed by atoms with Crippen LogP contribution in [0, 0.1) is 27.7 Å². The van der Waals surface area contributed by atoms with Gasteiger partial charge >= 0.3 is 0 Å². The minimum absolute atomic E-state index is 0.585. The molecule has 1 unspecified atom stereocenters. The van der Waals surface area contributed by atoms with Gasteiger partial charge in [0.05, 0.1) is 0 Å². The molecule has 0 fully saturated rings. The predicted molar refractivity (Wildman–Crippen MR) is 149 cm³/mol. The van der Waals surface area contributed by atoms with Gasteiger partial charge in [-0.1, -0.05) is 90.1 Å². The number of allylic oxidation sites excluding steroid dienone is 2. The normalized spacial score (nSPS) is 10.8. The van der Waals surface area contributed by atoms with Crippen LogP contribution in [-0.4, -0.2) is 0 Å². The zero-order valence-corrected chi connectivity index (χ0v) is 22.7. The Bertz CT molecular complexity index is 834. The van der Waals surface area contributed by atoms with E-state index in [1.807, 2.05) is 27.7 Å². The quantitative estimate of drug-likeness (QED) is 0.413. The summed E-state index contributed by atoms with van der Waals surface area (Å²) in [5.41, 5.74) is 11.5. The van der Waals surface area contributed by atoms with E-state index in [1.165, 1.54) is 40.7 Å². The van der Waals surface area contributed by atoms with Crippen molar-refractivity contribution < 1.29 is 0 Å². The van der Waals surface area contributed by atoms with Crippen LogP contribution in [0.2, 0.25) is 0 Å². The zero-order chi connectivity index (χ0) is 24.8. The van der Waals surface area contributed by atoms with Gasteiger partial charge in [-0.15, -0.1) is 0 Å². The Morgan fingerprint density at radius 2 is 1.44 bits per heavy atom. The van der Waals surface area contributed by atoms with Gasteiger partial charge in [0.15, 0.2) is 0 Å². The van der Waals surface area contributed by atoms with Gasteiger partial charge in [0.1, 0.15) is 0 Å². The van der Waals surface area contributed by atoms with Crippen LogP contribution in [0.1, 0.15) is 107 Å². The maximum atomic E-state index is 4.34. The van der Waals surface area contributed by atoms with Gasteiger partial charge in [0, 0.05) is 16.9 Å². The lowest BCUT2D eigenvalue weighted by molar-refractivity contribution is 0.563. The number of anilines is 1. The molecule has 1 nitrogen and oxygen atoms in total. The van der Waals surface area contributed by atoms with Crippen molar-refractivity contribution in [2.75, 3.05) is 5.32 Å². The second kappa shape index (κ2) is 15.5. The SMILES string of the molecule is C=C(CCC(CCC)c1c(C)cc(C)cc1C)Nc1c(C)cccc1C(=C)C.CC.CC. The smallest absolute Gasteiger partial charge is 0.0487 e. The second-order valence-electron chi connectivity index (χ2n) is 8.34. The summed E-state index contributed by atoms with van der Waals surface area (Å²) in [6.45, 7) is 29.7. The predicted octanol–water partition coefficient (Wildman–Crippen LogP) is 10.3. The van der Waals surface area contributed by atoms with E-state index in [4.69, 9.17) is 0 Å². The molecule has 0 aliphatic rings. The van der Waals surface area contributed by atoms with Gasteiger partial charge in [0.25, 0.3) is 0 Å². The Hall–Kier alpha value is -2.28. The molecule has 178 valence electrons. The standard InChI is InChI=1S/C27H37N.2C2H6/c1-9-11-24(26-21(6)16-19(4)17-22(26)7)15-14-23(8)28-27-20(5)12-10-13-25(27)18(2)3;2*1-2/h10,12-13,16-17,24,28H,2,8-9,11,14-15H2,1,3-7H3;2*1-2H3. The number of benzene rings is 2. The molecule has 0 amide bonds. The van der Waals surface area contributed by atoms with E-state index >= 15 is 0 Å². The van der Waals surface area contributed by atoms with Crippen molar-refractivity contribution in [2.24, 2.45) is 0 Å². The molecule has 0 radical (unpaired) electrons. The van der Waals surface area contributed by atoms with Crippen LogP contribution in [0.15, 0.2) is 49.2 Å². The third kappa shape index (κ3) is 8.69. The number of hydrogen-bond acceptors (Lipinski definition) is 1. The summed E-state index contributed by atoms with van der Waals surface area (Å²) in [6.07, 6.45) is 4.52. The molecule has 0 saturated carbocycles. The minimum atomic E-state index is 0.585. The molecule has 0 spiro atoms. The van der Waals surface area contributed by atoms with Crippen LogP contribution in [0.3, 0.4) is 0 Å². The van der Waals surface area contributed by atoms with E-state index in [1.54, 1.807) is 5.56 Å². The van der Waals surface area contributed by atoms with E-state index < -0.39 is 0 Å². The van der Waals surface area contributed by atoms with Crippen molar-refractivity contribution in [1.82, 2.24) is 0 Å². The van der Waals surface area contributed by atoms with E-state index in [9.17, 15) is 0 Å². The van der Waals surface area contributed by atoms with Crippen LogP contribution < -0.4 is 5.32 Å². The lowest BCUT2D eigenvalue weighted by Gasteiger charge is -2.23. The highest BCUT2D eigenvalue weighted by atomic mass is 14.9. The fourth-order valence-electron chi connectivity index (χ4n) is 4.39. The summed E-state index contributed by atoms with van der Waals surface area (Å²) in [5, 5.41) is 3.59. The molecule has 0 aliphatic heterocycles. The minimum Gasteiger partial charge on any atom is -0.359 e. The lowest BCUT2D eigenvalue weighted by atomic mass is 9.83. The van der Waals surface area contributed by atoms with Gasteiger partial charge < -0.3 is 5.32 Å². The fourth-order valence-corrected chi connectivity index (χ4v) is 4.39. The number of nitrogens with one attached hydrogen (secondary N) is 1. The molecular formula is C31H49N. The highest BCUT2D eigenvalue weighted by Crippen LogP contribution is 2.34. The summed E-state index contributed by atoms with van der Waals surface area (Å²) in [6, 6.07) is 11.0. The molecule has 2 rings (SSSR count). The fraction of sp³-hybridized carbons (Fsp3) is 0.484. The first-order valence-electron chi connectivity index (χ1n) is 12.5. The summed E-state index contributed by atoms with van der Waals surface area (Å²) in [7, 11) is 0. The van der Waals surface area contributed by atoms with Crippen molar-refractivity contribution in [3.05, 3.63) is 82.6 Å². The molecule has 1 N–H and O–H groups in total. The third-order valence-electron chi connectivity index (χ3n) is 5.61. The summed E-state index contributed by atoms with van der Waals surface area (Å²) >= 11 is 0. The first-order valence-corrected chi connectivity index (χ1v) is 12.5. The third-order valence-corrected chi connectivity index (χ3v) is 5.61. The van der Waals surface area contributed by atoms with E-state index in [0.29, 0.717) is 5.92 Å². The zero-order valence-electron chi connectivity index (χ0n) is 22.7. The lowest BCUT2D eigenvalue weighted by Crippen LogP contribution is -2.08. The summed E-state index contributed by atoms with van der Waals surface area (Å²) < 4.78 is 0. The molecule has 0 heterocycles. The van der Waals surface area contributed by atoms with Crippen molar-refractivity contribution in [1.29, 1.82) is 0 Å². The molecule has 1 atom stereocenters. The van der Waals surface area contributed by atoms with Crippen molar-refractivity contribution in [3.8, 4) is 0 Å². The highest BCUT2D eigenvalue weighted by Gasteiger charge is 2.17. The van der Waals surface area contributed by atoms with Crippen molar-refractivity contribution in [2.45, 2.75) is 101 Å². The summed E-state index contributed by atoms with van der Waals surface area (Å²) in [5.74, 6) is 0.585.